The van der Waals surface area contributed by atoms with Gasteiger partial charge in [-0.3, -0.25) is 4.79 Å². The van der Waals surface area contributed by atoms with Crippen molar-refractivity contribution in [2.45, 2.75) is 38.5 Å². The lowest BCUT2D eigenvalue weighted by Gasteiger charge is -2.25. The van der Waals surface area contributed by atoms with Crippen LogP contribution in [0.25, 0.3) is 0 Å². The smallest absolute Gasteiger partial charge is 0.422 e. The molecule has 0 saturated heterocycles. The van der Waals surface area contributed by atoms with Gasteiger partial charge in [-0.1, -0.05) is 0 Å². The van der Waals surface area contributed by atoms with E-state index in [0.29, 0.717) is 29.4 Å². The number of aromatic nitrogens is 2. The number of carbonyl (C=O) groups excluding carboxylic acids is 2. The fourth-order valence-corrected chi connectivity index (χ4v) is 3.27. The van der Waals surface area contributed by atoms with Crippen molar-refractivity contribution < 1.29 is 32.2 Å². The lowest BCUT2D eigenvalue weighted by atomic mass is 10.1. The fraction of sp³-hybridized carbons (Fsp3) is 0.455. The Balaban J connectivity index is 0.000000541. The molecule has 1 aliphatic carbocycles. The number of hydrogen-bond donors (Lipinski definition) is 1. The number of alkyl halides is 3. The van der Waals surface area contributed by atoms with Crippen LogP contribution in [0.15, 0.2) is 24.5 Å². The molecule has 0 spiro atoms. The zero-order chi connectivity index (χ0) is 24.2. The number of nitrogens with one attached hydrogen (secondary N) is 1. The zero-order valence-corrected chi connectivity index (χ0v) is 18.5. The van der Waals surface area contributed by atoms with Crippen molar-refractivity contribution in [1.29, 1.82) is 0 Å². The van der Waals surface area contributed by atoms with Gasteiger partial charge < -0.3 is 24.5 Å². The van der Waals surface area contributed by atoms with E-state index in [9.17, 15) is 22.8 Å². The van der Waals surface area contributed by atoms with Crippen LogP contribution in [-0.2, 0) is 11.3 Å². The number of hydrogen-bond acceptors (Lipinski definition) is 7. The Morgan fingerprint density at radius 2 is 2.06 bits per heavy atom. The topological polar surface area (TPSA) is 93.7 Å². The van der Waals surface area contributed by atoms with Gasteiger partial charge in [-0.25, -0.2) is 9.97 Å². The van der Waals surface area contributed by atoms with Crippen molar-refractivity contribution in [1.82, 2.24) is 14.9 Å². The third-order valence-electron chi connectivity index (χ3n) is 5.31. The quantitative estimate of drug-likeness (QED) is 0.621. The van der Waals surface area contributed by atoms with Crippen LogP contribution < -0.4 is 14.8 Å². The highest BCUT2D eigenvalue weighted by atomic mass is 19.4. The summed E-state index contributed by atoms with van der Waals surface area (Å²) in [6.45, 7) is 0.696. The average molecular weight is 466 g/mol. The molecule has 1 saturated carbocycles. The molecule has 178 valence electrons. The van der Waals surface area contributed by atoms with Crippen molar-refractivity contribution in [2.75, 3.05) is 26.1 Å². The van der Waals surface area contributed by atoms with E-state index in [2.05, 4.69) is 15.3 Å². The molecule has 8 nitrogen and oxygen atoms in total. The number of pyridine rings is 2. The molecule has 11 heteroatoms. The SMILES string of the molecule is CNc1nccc2c1CN(C(C)c1cnc(OCC(F)(F)F)c(OC)c1)C2=O.O=CC1CC1. The van der Waals surface area contributed by atoms with Gasteiger partial charge in [0.25, 0.3) is 11.8 Å². The van der Waals surface area contributed by atoms with Gasteiger partial charge in [-0.15, -0.1) is 0 Å². The summed E-state index contributed by atoms with van der Waals surface area (Å²) in [4.78, 5) is 32.2. The molecule has 33 heavy (non-hydrogen) atoms. The second-order valence-corrected chi connectivity index (χ2v) is 7.70. The predicted molar refractivity (Wildman–Crippen MR) is 113 cm³/mol. The minimum Gasteiger partial charge on any atom is -0.491 e. The molecule has 1 aliphatic heterocycles. The number of aldehydes is 1. The molecule has 1 N–H and O–H groups in total. The minimum atomic E-state index is -4.48. The van der Waals surface area contributed by atoms with Crippen molar-refractivity contribution >= 4 is 18.0 Å². The lowest BCUT2D eigenvalue weighted by Crippen LogP contribution is -2.27. The standard InChI is InChI=1S/C18H19F3N4O3.C4H6O/c1-10(25-8-13-12(17(25)26)4-5-23-15(13)22-2)11-6-14(27-3)16(24-7-11)28-9-18(19,20)21;5-3-4-1-2-4/h4-7,10H,8-9H2,1-3H3,(H,22,23);3-4H,1-2H2. The van der Waals surface area contributed by atoms with Crippen LogP contribution in [0.4, 0.5) is 19.0 Å². The maximum atomic E-state index is 12.8. The summed E-state index contributed by atoms with van der Waals surface area (Å²) in [6.07, 6.45) is 1.78. The zero-order valence-electron chi connectivity index (χ0n) is 18.5. The minimum absolute atomic E-state index is 0.0651. The summed E-state index contributed by atoms with van der Waals surface area (Å²) in [5.74, 6) is 0.740. The van der Waals surface area contributed by atoms with E-state index in [1.807, 2.05) is 6.92 Å². The summed E-state index contributed by atoms with van der Waals surface area (Å²) >= 11 is 0. The normalized spacial score (nSPS) is 15.8. The molecule has 1 unspecified atom stereocenters. The van der Waals surface area contributed by atoms with Crippen LogP contribution in [0, 0.1) is 5.92 Å². The largest absolute Gasteiger partial charge is 0.491 e. The molecule has 2 aromatic heterocycles. The van der Waals surface area contributed by atoms with E-state index < -0.39 is 12.8 Å². The van der Waals surface area contributed by atoms with Gasteiger partial charge in [0, 0.05) is 36.5 Å². The highest BCUT2D eigenvalue weighted by molar-refractivity contribution is 5.99. The highest BCUT2D eigenvalue weighted by Gasteiger charge is 2.34. The Morgan fingerprint density at radius 1 is 1.33 bits per heavy atom. The van der Waals surface area contributed by atoms with Gasteiger partial charge in [-0.2, -0.15) is 13.2 Å². The average Bonchev–Trinajstić information content (AvgIpc) is 3.59. The molecule has 1 fully saturated rings. The maximum absolute atomic E-state index is 12.8. The molecule has 1 atom stereocenters. The summed E-state index contributed by atoms with van der Waals surface area (Å²) in [6, 6.07) is 2.80. The monoisotopic (exact) mass is 466 g/mol. The van der Waals surface area contributed by atoms with Crippen LogP contribution >= 0.6 is 0 Å². The van der Waals surface area contributed by atoms with Crippen molar-refractivity contribution in [3.8, 4) is 11.6 Å². The Kier molecular flexibility index (Phi) is 7.39. The van der Waals surface area contributed by atoms with Crippen molar-refractivity contribution in [3.05, 3.63) is 41.2 Å². The van der Waals surface area contributed by atoms with Gasteiger partial charge >= 0.3 is 6.18 Å². The lowest BCUT2D eigenvalue weighted by molar-refractivity contribution is -0.154. The number of carbonyl (C=O) groups is 2. The molecular weight excluding hydrogens is 441 g/mol. The summed E-state index contributed by atoms with van der Waals surface area (Å²) in [5.41, 5.74) is 1.97. The number of fused-ring (bicyclic) bond motifs is 1. The van der Waals surface area contributed by atoms with E-state index in [-0.39, 0.29) is 23.6 Å². The second kappa shape index (κ2) is 10.1. The number of halogens is 3. The third kappa shape index (κ3) is 5.91. The number of amides is 1. The first-order chi connectivity index (χ1) is 15.7. The first-order valence-electron chi connectivity index (χ1n) is 10.3. The van der Waals surface area contributed by atoms with Crippen LogP contribution in [0.1, 0.15) is 47.3 Å². The van der Waals surface area contributed by atoms with E-state index in [1.165, 1.54) is 19.4 Å². The van der Waals surface area contributed by atoms with Gasteiger partial charge in [0.2, 0.25) is 0 Å². The first-order valence-corrected chi connectivity index (χ1v) is 10.3. The number of ether oxygens (including phenoxy) is 2. The Labute approximate surface area is 189 Å². The maximum Gasteiger partial charge on any atom is 0.422 e. The second-order valence-electron chi connectivity index (χ2n) is 7.70. The Hall–Kier alpha value is -3.37. The fourth-order valence-electron chi connectivity index (χ4n) is 3.27. The Bertz CT molecular complexity index is 1010. The summed E-state index contributed by atoms with van der Waals surface area (Å²) in [5, 5.41) is 2.97. The van der Waals surface area contributed by atoms with Crippen LogP contribution in [0.2, 0.25) is 0 Å². The number of nitrogens with zero attached hydrogens (tertiary/aromatic N) is 3. The van der Waals surface area contributed by atoms with E-state index in [4.69, 9.17) is 9.47 Å². The third-order valence-corrected chi connectivity index (χ3v) is 5.31. The van der Waals surface area contributed by atoms with Gasteiger partial charge in [0.05, 0.1) is 19.7 Å². The molecule has 0 aromatic carbocycles. The van der Waals surface area contributed by atoms with E-state index in [0.717, 1.165) is 24.7 Å². The van der Waals surface area contributed by atoms with Crippen LogP contribution in [0.3, 0.4) is 0 Å². The van der Waals surface area contributed by atoms with Crippen LogP contribution in [0.5, 0.6) is 11.6 Å². The van der Waals surface area contributed by atoms with Gasteiger partial charge in [-0.05, 0) is 37.5 Å². The number of rotatable bonds is 7. The molecular formula is C22H25F3N4O4. The predicted octanol–water partition coefficient (Wildman–Crippen LogP) is 3.78. The number of anilines is 1. The highest BCUT2D eigenvalue weighted by Crippen LogP contribution is 2.36. The summed E-state index contributed by atoms with van der Waals surface area (Å²) in [7, 11) is 3.04. The molecule has 2 aliphatic rings. The Morgan fingerprint density at radius 3 is 2.61 bits per heavy atom. The molecule has 1 amide bonds. The number of methoxy groups -OCH3 is 1. The molecule has 3 heterocycles. The van der Waals surface area contributed by atoms with Crippen molar-refractivity contribution in [2.24, 2.45) is 5.92 Å². The molecule has 2 aromatic rings. The summed E-state index contributed by atoms with van der Waals surface area (Å²) < 4.78 is 46.9. The van der Waals surface area contributed by atoms with Crippen molar-refractivity contribution in [3.63, 3.8) is 0 Å². The first kappa shape index (κ1) is 24.3. The molecule has 4 rings (SSSR count). The van der Waals surface area contributed by atoms with E-state index >= 15 is 0 Å². The van der Waals surface area contributed by atoms with E-state index in [1.54, 1.807) is 24.2 Å². The van der Waals surface area contributed by atoms with Crippen LogP contribution in [-0.4, -0.2) is 54.0 Å². The van der Waals surface area contributed by atoms with Gasteiger partial charge in [0.1, 0.15) is 12.1 Å². The molecule has 0 radical (unpaired) electrons. The molecule has 0 bridgehead atoms. The van der Waals surface area contributed by atoms with Gasteiger partial charge in [0.15, 0.2) is 12.4 Å².